The van der Waals surface area contributed by atoms with E-state index in [1.54, 1.807) is 30.3 Å². The van der Waals surface area contributed by atoms with E-state index in [4.69, 9.17) is 9.47 Å². The fourth-order valence-electron chi connectivity index (χ4n) is 3.18. The summed E-state index contributed by atoms with van der Waals surface area (Å²) in [4.78, 5) is 27.4. The summed E-state index contributed by atoms with van der Waals surface area (Å²) in [5.41, 5.74) is 0.331. The number of aliphatic hydroxyl groups excluding tert-OH is 3. The molecule has 1 saturated heterocycles. The molecule has 166 valence electrons. The summed E-state index contributed by atoms with van der Waals surface area (Å²) in [5.74, 6) is -5.06. The summed E-state index contributed by atoms with van der Waals surface area (Å²) >= 11 is 0. The van der Waals surface area contributed by atoms with Crippen LogP contribution < -0.4 is 40.0 Å². The molecule has 1 aliphatic heterocycles. The van der Waals surface area contributed by atoms with Crippen molar-refractivity contribution in [1.82, 2.24) is 5.32 Å². The second kappa shape index (κ2) is 11.9. The molecule has 6 atom stereocenters. The molecule has 1 aromatic rings. The Morgan fingerprint density at radius 1 is 1.35 bits per heavy atom. The Balaban J connectivity index is 0.00000480. The number of carboxylic acid groups (broad SMARTS) is 1. The average Bonchev–Trinajstić information content (AvgIpc) is 2.72. The van der Waals surface area contributed by atoms with E-state index < -0.39 is 67.0 Å². The van der Waals surface area contributed by atoms with Gasteiger partial charge in [-0.2, -0.15) is 0 Å². The van der Waals surface area contributed by atoms with Gasteiger partial charge in [-0.3, -0.25) is 9.79 Å². The van der Waals surface area contributed by atoms with Crippen molar-refractivity contribution in [3.8, 4) is 0 Å². The first-order chi connectivity index (χ1) is 14.1. The molecule has 1 fully saturated rings. The van der Waals surface area contributed by atoms with E-state index in [1.165, 1.54) is 0 Å². The minimum absolute atomic E-state index is 0. The number of aliphatic imine (C=N–C) groups is 1. The molecule has 1 heterocycles. The number of ether oxygens (including phenoxy) is 2. The summed E-state index contributed by atoms with van der Waals surface area (Å²) in [6.07, 6.45) is -7.09. The van der Waals surface area contributed by atoms with Crippen LogP contribution in [0.4, 0.5) is 0 Å². The van der Waals surface area contributed by atoms with Crippen LogP contribution in [0.25, 0.3) is 0 Å². The third-order valence-corrected chi connectivity index (χ3v) is 4.76. The van der Waals surface area contributed by atoms with Gasteiger partial charge < -0.3 is 40.3 Å². The van der Waals surface area contributed by atoms with Gasteiger partial charge in [0.1, 0.15) is 18.2 Å². The fraction of sp³-hybridized carbons (Fsp3) is 0.526. The van der Waals surface area contributed by atoms with Crippen LogP contribution in [0.3, 0.4) is 0 Å². The molecular weight excluding hydrogens is 423 g/mol. The fourth-order valence-corrected chi connectivity index (χ4v) is 3.18. The number of amides is 1. The number of methoxy groups -OCH3 is 1. The Morgan fingerprint density at radius 3 is 2.48 bits per heavy atom. The molecule has 0 unspecified atom stereocenters. The molecule has 0 spiro atoms. The average molecular weight is 448 g/mol. The molecule has 11 nitrogen and oxygen atoms in total. The van der Waals surface area contributed by atoms with Crippen LogP contribution in [0.15, 0.2) is 35.3 Å². The molecule has 0 saturated carbocycles. The van der Waals surface area contributed by atoms with Gasteiger partial charge in [0.25, 0.3) is 11.7 Å². The van der Waals surface area contributed by atoms with E-state index in [0.29, 0.717) is 5.56 Å². The van der Waals surface area contributed by atoms with Crippen molar-refractivity contribution in [2.24, 2.45) is 4.99 Å². The maximum atomic E-state index is 12.1. The molecule has 31 heavy (non-hydrogen) atoms. The second-order valence-electron chi connectivity index (χ2n) is 6.89. The van der Waals surface area contributed by atoms with Gasteiger partial charge in [0.2, 0.25) is 0 Å². The Labute approximate surface area is 201 Å². The zero-order chi connectivity index (χ0) is 22.5. The van der Waals surface area contributed by atoms with Crippen molar-refractivity contribution in [2.75, 3.05) is 13.7 Å². The van der Waals surface area contributed by atoms with Crippen molar-refractivity contribution in [3.63, 3.8) is 0 Å². The normalized spacial score (nSPS) is 28.2. The van der Waals surface area contributed by atoms with E-state index >= 15 is 0 Å². The number of benzene rings is 1. The molecule has 12 heteroatoms. The maximum Gasteiger partial charge on any atom is 1.00 e. The number of nitrogens with zero attached hydrogens (tertiary/aromatic N) is 1. The molecule has 0 radical (unpaired) electrons. The monoisotopic (exact) mass is 448 g/mol. The number of hydrogen-bond donors (Lipinski definition) is 5. The predicted octanol–water partition coefficient (Wildman–Crippen LogP) is -5.13. The zero-order valence-corrected chi connectivity index (χ0v) is 19.5. The second-order valence-corrected chi connectivity index (χ2v) is 6.89. The van der Waals surface area contributed by atoms with E-state index in [1.807, 2.05) is 0 Å². The first kappa shape index (κ1) is 27.5. The summed E-state index contributed by atoms with van der Waals surface area (Å²) in [5, 5.41) is 54.6. The molecule has 5 N–H and O–H groups in total. The Hall–Kier alpha value is -1.57. The SMILES string of the molecule is CO[C@]1(C(=O)O)C[C@H](O)[C@@H](N=C(C)[O-])[C@H]([C@H](O)[C@H](O)CNC(=O)c2ccccc2)O1.[Na+]. The van der Waals surface area contributed by atoms with Crippen molar-refractivity contribution in [1.29, 1.82) is 0 Å². The van der Waals surface area contributed by atoms with Gasteiger partial charge in [-0.25, -0.2) is 4.79 Å². The number of aliphatic hydroxyl groups is 3. The van der Waals surface area contributed by atoms with Gasteiger partial charge in [-0.1, -0.05) is 18.2 Å². The van der Waals surface area contributed by atoms with Gasteiger partial charge in [-0.05, 0) is 25.0 Å². The van der Waals surface area contributed by atoms with Crippen molar-refractivity contribution >= 4 is 17.8 Å². The standard InChI is InChI=1S/C19H26N2O9.Na/c1-10(22)21-14-12(23)8-19(29-2,18(27)28)30-16(14)15(25)13(24)9-20-17(26)11-6-4-3-5-7-11;/h3-7,12-16,23-25H,8-9H2,1-2H3,(H,20,26)(H,21,22)(H,27,28);/q;+1/p-1/t12-,13+,14+,15+,16+,19+;/m0./s1. The summed E-state index contributed by atoms with van der Waals surface area (Å²) < 4.78 is 10.3. The maximum absolute atomic E-state index is 12.1. The van der Waals surface area contributed by atoms with E-state index in [2.05, 4.69) is 10.3 Å². The van der Waals surface area contributed by atoms with Gasteiger partial charge >= 0.3 is 35.5 Å². The topological polar surface area (TPSA) is 181 Å². The van der Waals surface area contributed by atoms with Gasteiger partial charge in [0.15, 0.2) is 0 Å². The minimum Gasteiger partial charge on any atom is -0.862 e. The van der Waals surface area contributed by atoms with Crippen LogP contribution in [0.5, 0.6) is 0 Å². The quantitative estimate of drug-likeness (QED) is 0.148. The Morgan fingerprint density at radius 2 is 1.97 bits per heavy atom. The Kier molecular flexibility index (Phi) is 10.5. The van der Waals surface area contributed by atoms with E-state index in [9.17, 15) is 35.1 Å². The first-order valence-corrected chi connectivity index (χ1v) is 9.16. The third kappa shape index (κ3) is 6.70. The number of aliphatic carboxylic acids is 1. The number of carboxylic acids is 1. The molecule has 0 aromatic heterocycles. The number of carbonyl (C=O) groups excluding carboxylic acids is 1. The first-order valence-electron chi connectivity index (χ1n) is 9.16. The van der Waals surface area contributed by atoms with Crippen LogP contribution in [0, 0.1) is 0 Å². The minimum atomic E-state index is -2.30. The number of hydrogen-bond acceptors (Lipinski definition) is 9. The molecular formula is C19H25N2NaO9. The molecule has 2 rings (SSSR count). The van der Waals surface area contributed by atoms with Crippen LogP contribution in [-0.4, -0.2) is 88.1 Å². The van der Waals surface area contributed by atoms with E-state index in [-0.39, 0.29) is 29.6 Å². The smallest absolute Gasteiger partial charge is 0.862 e. The summed E-state index contributed by atoms with van der Waals surface area (Å²) in [6, 6.07) is 6.80. The van der Waals surface area contributed by atoms with Crippen LogP contribution in [-0.2, 0) is 14.3 Å². The molecule has 0 bridgehead atoms. The van der Waals surface area contributed by atoms with Crippen LogP contribution in [0.1, 0.15) is 23.7 Å². The van der Waals surface area contributed by atoms with Gasteiger partial charge in [0.05, 0.1) is 12.2 Å². The van der Waals surface area contributed by atoms with Crippen molar-refractivity contribution in [2.45, 2.75) is 49.6 Å². The number of nitrogens with one attached hydrogen (secondary N) is 1. The molecule has 1 amide bonds. The van der Waals surface area contributed by atoms with Crippen LogP contribution in [0.2, 0.25) is 0 Å². The predicted molar refractivity (Wildman–Crippen MR) is 101 cm³/mol. The molecule has 1 aliphatic rings. The van der Waals surface area contributed by atoms with E-state index in [0.717, 1.165) is 14.0 Å². The number of carbonyl (C=O) groups is 2. The molecule has 1 aromatic carbocycles. The zero-order valence-electron chi connectivity index (χ0n) is 17.5. The van der Waals surface area contributed by atoms with Gasteiger partial charge in [0, 0.05) is 25.6 Å². The van der Waals surface area contributed by atoms with Gasteiger partial charge in [-0.15, -0.1) is 0 Å². The van der Waals surface area contributed by atoms with Crippen molar-refractivity contribution in [3.05, 3.63) is 35.9 Å². The molecule has 0 aliphatic carbocycles. The number of rotatable bonds is 8. The largest absolute Gasteiger partial charge is 1.00 e. The van der Waals surface area contributed by atoms with Crippen LogP contribution >= 0.6 is 0 Å². The third-order valence-electron chi connectivity index (χ3n) is 4.76. The summed E-state index contributed by atoms with van der Waals surface area (Å²) in [7, 11) is 1.04. The van der Waals surface area contributed by atoms with Crippen molar-refractivity contribution < 1.29 is 74.2 Å². The Bertz CT molecular complexity index is 775. The summed E-state index contributed by atoms with van der Waals surface area (Å²) in [6.45, 7) is 0.701.